The lowest BCUT2D eigenvalue weighted by Crippen LogP contribution is -2.42. The van der Waals surface area contributed by atoms with Gasteiger partial charge in [0.2, 0.25) is 0 Å². The van der Waals surface area contributed by atoms with E-state index in [1.54, 1.807) is 0 Å². The second-order valence-corrected chi connectivity index (χ2v) is 6.54. The van der Waals surface area contributed by atoms with Gasteiger partial charge in [0, 0.05) is 25.7 Å². The first-order valence-corrected chi connectivity index (χ1v) is 9.35. The summed E-state index contributed by atoms with van der Waals surface area (Å²) in [6, 6.07) is 8.24. The average molecular weight is 472 g/mol. The number of amides is 1. The molecule has 0 saturated heterocycles. The number of carbonyl (C=O) groups is 1. The third-order valence-electron chi connectivity index (χ3n) is 4.66. The van der Waals surface area contributed by atoms with E-state index in [1.807, 2.05) is 29.2 Å². The van der Waals surface area contributed by atoms with E-state index in [0.717, 1.165) is 30.4 Å². The zero-order chi connectivity index (χ0) is 17.5. The third-order valence-corrected chi connectivity index (χ3v) is 4.66. The lowest BCUT2D eigenvalue weighted by Gasteiger charge is -2.29. The molecule has 1 aromatic carbocycles. The first-order chi connectivity index (χ1) is 12.3. The monoisotopic (exact) mass is 472 g/mol. The highest BCUT2D eigenvalue weighted by molar-refractivity contribution is 14.0. The van der Waals surface area contributed by atoms with Crippen LogP contribution in [0.4, 0.5) is 5.69 Å². The lowest BCUT2D eigenvalue weighted by molar-refractivity contribution is -0.121. The molecule has 0 unspecified atom stereocenters. The largest absolute Gasteiger partial charge is 0.482 e. The highest BCUT2D eigenvalue weighted by atomic mass is 127. The SMILES string of the molecule is CCNC(=NCCCN1C(=O)COc2ccccc21)NC1CCCC1.I. The zero-order valence-electron chi connectivity index (χ0n) is 15.4. The van der Waals surface area contributed by atoms with E-state index < -0.39 is 0 Å². The number of hydrogen-bond acceptors (Lipinski definition) is 3. The number of para-hydroxylation sites is 2. The van der Waals surface area contributed by atoms with Gasteiger partial charge in [0.1, 0.15) is 5.75 Å². The van der Waals surface area contributed by atoms with Crippen molar-refractivity contribution in [2.45, 2.75) is 45.1 Å². The van der Waals surface area contributed by atoms with Crippen molar-refractivity contribution in [3.05, 3.63) is 24.3 Å². The van der Waals surface area contributed by atoms with Gasteiger partial charge in [-0.05, 0) is 38.3 Å². The molecule has 3 rings (SSSR count). The predicted molar refractivity (Wildman–Crippen MR) is 116 cm³/mol. The van der Waals surface area contributed by atoms with E-state index in [2.05, 4.69) is 22.5 Å². The Balaban J connectivity index is 0.00000243. The molecule has 0 bridgehead atoms. The summed E-state index contributed by atoms with van der Waals surface area (Å²) in [6.45, 7) is 4.40. The zero-order valence-corrected chi connectivity index (χ0v) is 17.7. The Morgan fingerprint density at radius 3 is 2.85 bits per heavy atom. The second kappa shape index (κ2) is 10.6. The molecule has 0 atom stereocenters. The summed E-state index contributed by atoms with van der Waals surface area (Å²) >= 11 is 0. The van der Waals surface area contributed by atoms with Gasteiger partial charge >= 0.3 is 0 Å². The van der Waals surface area contributed by atoms with Crippen molar-refractivity contribution in [1.29, 1.82) is 0 Å². The van der Waals surface area contributed by atoms with Gasteiger partial charge in [-0.1, -0.05) is 25.0 Å². The van der Waals surface area contributed by atoms with Crippen LogP contribution in [-0.2, 0) is 4.79 Å². The summed E-state index contributed by atoms with van der Waals surface area (Å²) in [5, 5.41) is 6.83. The normalized spacial score (nSPS) is 17.3. The number of halogens is 1. The van der Waals surface area contributed by atoms with E-state index in [0.29, 0.717) is 19.1 Å². The molecule has 2 aliphatic rings. The predicted octanol–water partition coefficient (Wildman–Crippen LogP) is 2.92. The number of rotatable bonds is 6. The maximum atomic E-state index is 12.2. The Hall–Kier alpha value is -1.51. The highest BCUT2D eigenvalue weighted by Gasteiger charge is 2.24. The molecule has 1 aliphatic heterocycles. The van der Waals surface area contributed by atoms with Crippen molar-refractivity contribution in [2.24, 2.45) is 4.99 Å². The van der Waals surface area contributed by atoms with Crippen molar-refractivity contribution in [2.75, 3.05) is 31.1 Å². The molecule has 1 amide bonds. The van der Waals surface area contributed by atoms with Crippen LogP contribution in [0.2, 0.25) is 0 Å². The van der Waals surface area contributed by atoms with Crippen LogP contribution >= 0.6 is 24.0 Å². The van der Waals surface area contributed by atoms with E-state index in [1.165, 1.54) is 25.7 Å². The molecule has 2 N–H and O–H groups in total. The van der Waals surface area contributed by atoms with E-state index >= 15 is 0 Å². The van der Waals surface area contributed by atoms with Crippen molar-refractivity contribution in [3.63, 3.8) is 0 Å². The van der Waals surface area contributed by atoms with Gasteiger partial charge in [-0.15, -0.1) is 24.0 Å². The Morgan fingerprint density at radius 1 is 1.31 bits per heavy atom. The molecule has 1 saturated carbocycles. The van der Waals surface area contributed by atoms with Gasteiger partial charge in [0.25, 0.3) is 5.91 Å². The van der Waals surface area contributed by atoms with Crippen LogP contribution in [0.5, 0.6) is 5.75 Å². The molecule has 1 aromatic rings. The molecule has 144 valence electrons. The van der Waals surface area contributed by atoms with Crippen LogP contribution in [0.3, 0.4) is 0 Å². The minimum atomic E-state index is 0. The smallest absolute Gasteiger partial charge is 0.265 e. The molecule has 1 heterocycles. The van der Waals surface area contributed by atoms with Crippen LogP contribution < -0.4 is 20.3 Å². The molecular weight excluding hydrogens is 443 g/mol. The van der Waals surface area contributed by atoms with Gasteiger partial charge in [-0.2, -0.15) is 0 Å². The summed E-state index contributed by atoms with van der Waals surface area (Å²) in [6.07, 6.45) is 5.87. The Kier molecular flexibility index (Phi) is 8.47. The fraction of sp³-hybridized carbons (Fsp3) is 0.579. The quantitative estimate of drug-likeness (QED) is 0.289. The summed E-state index contributed by atoms with van der Waals surface area (Å²) in [5.74, 6) is 1.68. The maximum Gasteiger partial charge on any atom is 0.265 e. The summed E-state index contributed by atoms with van der Waals surface area (Å²) < 4.78 is 5.48. The molecule has 7 heteroatoms. The highest BCUT2D eigenvalue weighted by Crippen LogP contribution is 2.31. The van der Waals surface area contributed by atoms with Gasteiger partial charge in [0.15, 0.2) is 12.6 Å². The van der Waals surface area contributed by atoms with Gasteiger partial charge in [-0.3, -0.25) is 9.79 Å². The first kappa shape index (κ1) is 20.8. The Morgan fingerprint density at radius 2 is 2.08 bits per heavy atom. The molecule has 0 aromatic heterocycles. The van der Waals surface area contributed by atoms with Crippen molar-refractivity contribution in [3.8, 4) is 5.75 Å². The topological polar surface area (TPSA) is 66.0 Å². The third kappa shape index (κ3) is 5.49. The minimum absolute atomic E-state index is 0. The van der Waals surface area contributed by atoms with Crippen molar-refractivity contribution in [1.82, 2.24) is 10.6 Å². The molecule has 0 spiro atoms. The first-order valence-electron chi connectivity index (χ1n) is 9.35. The second-order valence-electron chi connectivity index (χ2n) is 6.54. The van der Waals surface area contributed by atoms with Crippen molar-refractivity contribution >= 4 is 41.5 Å². The number of nitrogens with zero attached hydrogens (tertiary/aromatic N) is 2. The van der Waals surface area contributed by atoms with Crippen LogP contribution in [0.1, 0.15) is 39.0 Å². The number of hydrogen-bond donors (Lipinski definition) is 2. The number of guanidine groups is 1. The number of anilines is 1. The molecule has 1 fully saturated rings. The summed E-state index contributed by atoms with van der Waals surface area (Å²) in [4.78, 5) is 18.6. The number of fused-ring (bicyclic) bond motifs is 1. The fourth-order valence-corrected chi connectivity index (χ4v) is 3.40. The van der Waals surface area contributed by atoms with Crippen LogP contribution in [0.25, 0.3) is 0 Å². The fourth-order valence-electron chi connectivity index (χ4n) is 3.40. The number of ether oxygens (including phenoxy) is 1. The number of benzene rings is 1. The van der Waals surface area contributed by atoms with Crippen LogP contribution in [0, 0.1) is 0 Å². The summed E-state index contributed by atoms with van der Waals surface area (Å²) in [5.41, 5.74) is 0.860. The number of aliphatic imine (C=N–C) groups is 1. The molecule has 0 radical (unpaired) electrons. The Bertz CT molecular complexity index is 617. The lowest BCUT2D eigenvalue weighted by atomic mass is 10.2. The minimum Gasteiger partial charge on any atom is -0.482 e. The maximum absolute atomic E-state index is 12.2. The van der Waals surface area contributed by atoms with Crippen LogP contribution in [0.15, 0.2) is 29.3 Å². The number of carbonyl (C=O) groups excluding carboxylic acids is 1. The summed E-state index contributed by atoms with van der Waals surface area (Å²) in [7, 11) is 0. The Labute approximate surface area is 172 Å². The standard InChI is InChI=1S/C19H28N4O2.HI/c1-2-20-19(22-15-8-3-4-9-15)21-12-7-13-23-16-10-5-6-11-17(16)25-14-18(23)24;/h5-6,10-11,15H,2-4,7-9,12-14H2,1H3,(H2,20,21,22);1H. The van der Waals surface area contributed by atoms with Gasteiger partial charge in [0.05, 0.1) is 5.69 Å². The number of nitrogens with one attached hydrogen (secondary N) is 2. The van der Waals surface area contributed by atoms with E-state index in [-0.39, 0.29) is 36.5 Å². The van der Waals surface area contributed by atoms with E-state index in [9.17, 15) is 4.79 Å². The van der Waals surface area contributed by atoms with Crippen LogP contribution in [-0.4, -0.2) is 44.1 Å². The van der Waals surface area contributed by atoms with Gasteiger partial charge < -0.3 is 20.3 Å². The van der Waals surface area contributed by atoms with Crippen molar-refractivity contribution < 1.29 is 9.53 Å². The van der Waals surface area contributed by atoms with Gasteiger partial charge in [-0.25, -0.2) is 0 Å². The average Bonchev–Trinajstić information content (AvgIpc) is 3.13. The van der Waals surface area contributed by atoms with E-state index in [4.69, 9.17) is 4.74 Å². The molecule has 26 heavy (non-hydrogen) atoms. The molecule has 6 nitrogen and oxygen atoms in total. The molecule has 1 aliphatic carbocycles. The molecular formula is C19H29IN4O2.